The van der Waals surface area contributed by atoms with E-state index in [4.69, 9.17) is 23.2 Å². The molecule has 0 atom stereocenters. The zero-order valence-corrected chi connectivity index (χ0v) is 15.9. The highest BCUT2D eigenvalue weighted by Crippen LogP contribution is 2.26. The molecule has 1 fully saturated rings. The van der Waals surface area contributed by atoms with Crippen molar-refractivity contribution >= 4 is 29.1 Å². The highest BCUT2D eigenvalue weighted by Gasteiger charge is 2.22. The van der Waals surface area contributed by atoms with Crippen LogP contribution >= 0.6 is 23.2 Å². The molecule has 0 N–H and O–H groups in total. The van der Waals surface area contributed by atoms with Gasteiger partial charge in [-0.1, -0.05) is 59.1 Å². The van der Waals surface area contributed by atoms with E-state index < -0.39 is 0 Å². The minimum absolute atomic E-state index is 0.0373. The smallest absolute Gasteiger partial charge is 0.255 e. The summed E-state index contributed by atoms with van der Waals surface area (Å²) in [4.78, 5) is 17.1. The normalized spacial score (nSPS) is 15.9. The molecule has 1 saturated heterocycles. The third-order valence-electron chi connectivity index (χ3n) is 4.58. The predicted octanol–water partition coefficient (Wildman–Crippen LogP) is 4.65. The molecule has 0 unspecified atom stereocenters. The molecule has 0 bridgehead atoms. The maximum atomic E-state index is 12.8. The van der Waals surface area contributed by atoms with Gasteiger partial charge >= 0.3 is 0 Å². The van der Waals surface area contributed by atoms with Crippen molar-refractivity contribution < 1.29 is 4.79 Å². The molecule has 1 heterocycles. The molecule has 3 nitrogen and oxygen atoms in total. The van der Waals surface area contributed by atoms with Gasteiger partial charge in [0.1, 0.15) is 0 Å². The van der Waals surface area contributed by atoms with Crippen LogP contribution in [0.1, 0.15) is 27.9 Å². The van der Waals surface area contributed by atoms with Crippen molar-refractivity contribution in [1.82, 2.24) is 9.80 Å². The summed E-state index contributed by atoms with van der Waals surface area (Å²) < 4.78 is 0. The van der Waals surface area contributed by atoms with Gasteiger partial charge < -0.3 is 4.90 Å². The van der Waals surface area contributed by atoms with E-state index in [2.05, 4.69) is 36.1 Å². The lowest BCUT2D eigenvalue weighted by Gasteiger charge is -2.22. The Morgan fingerprint density at radius 2 is 1.76 bits per heavy atom. The van der Waals surface area contributed by atoms with Gasteiger partial charge in [-0.05, 0) is 31.0 Å². The van der Waals surface area contributed by atoms with Gasteiger partial charge in [0.15, 0.2) is 0 Å². The zero-order chi connectivity index (χ0) is 17.8. The molecule has 2 aromatic carbocycles. The van der Waals surface area contributed by atoms with Crippen LogP contribution in [0.3, 0.4) is 0 Å². The molecule has 2 aromatic rings. The quantitative estimate of drug-likeness (QED) is 0.778. The van der Waals surface area contributed by atoms with Gasteiger partial charge in [0.05, 0.1) is 15.6 Å². The van der Waals surface area contributed by atoms with Gasteiger partial charge in [-0.15, -0.1) is 0 Å². The average molecular weight is 377 g/mol. The Morgan fingerprint density at radius 1 is 1.00 bits per heavy atom. The molecule has 1 aliphatic heterocycles. The molecular formula is C20H22Cl2N2O. The molecule has 0 spiro atoms. The van der Waals surface area contributed by atoms with Crippen LogP contribution in [-0.4, -0.2) is 41.9 Å². The van der Waals surface area contributed by atoms with Crippen molar-refractivity contribution in [2.75, 3.05) is 26.2 Å². The molecule has 25 heavy (non-hydrogen) atoms. The van der Waals surface area contributed by atoms with Crippen LogP contribution in [0.4, 0.5) is 0 Å². The minimum Gasteiger partial charge on any atom is -0.337 e. The molecule has 0 aliphatic carbocycles. The first-order valence-corrected chi connectivity index (χ1v) is 9.31. The second-order valence-electron chi connectivity index (χ2n) is 6.51. The topological polar surface area (TPSA) is 23.6 Å². The Kier molecular flexibility index (Phi) is 6.00. The number of hydrogen-bond donors (Lipinski definition) is 0. The summed E-state index contributed by atoms with van der Waals surface area (Å²) in [6.07, 6.45) is 0.954. The van der Waals surface area contributed by atoms with Gasteiger partial charge in [0.2, 0.25) is 0 Å². The van der Waals surface area contributed by atoms with Crippen LogP contribution < -0.4 is 0 Å². The monoisotopic (exact) mass is 376 g/mol. The third kappa shape index (κ3) is 4.55. The van der Waals surface area contributed by atoms with Crippen molar-refractivity contribution in [1.29, 1.82) is 0 Å². The Labute approximate surface area is 159 Å². The van der Waals surface area contributed by atoms with Crippen LogP contribution in [0.2, 0.25) is 10.0 Å². The standard InChI is InChI=1S/C20H22Cl2N2O/c1-15-6-8-16(9-7-15)14-23-10-3-11-24(13-12-23)20(25)17-4-2-5-18(21)19(17)22/h2,4-9H,3,10-14H2,1H3. The number of hydrogen-bond acceptors (Lipinski definition) is 2. The first kappa shape index (κ1) is 18.2. The van der Waals surface area contributed by atoms with Crippen molar-refractivity contribution in [3.05, 3.63) is 69.2 Å². The SMILES string of the molecule is Cc1ccc(CN2CCCN(C(=O)c3cccc(Cl)c3Cl)CC2)cc1. The lowest BCUT2D eigenvalue weighted by atomic mass is 10.1. The van der Waals surface area contributed by atoms with Crippen molar-refractivity contribution in [2.24, 2.45) is 0 Å². The average Bonchev–Trinajstić information content (AvgIpc) is 2.84. The molecule has 0 aromatic heterocycles. The van der Waals surface area contributed by atoms with E-state index in [1.165, 1.54) is 11.1 Å². The predicted molar refractivity (Wildman–Crippen MR) is 103 cm³/mol. The van der Waals surface area contributed by atoms with E-state index in [0.717, 1.165) is 32.6 Å². The summed E-state index contributed by atoms with van der Waals surface area (Å²) >= 11 is 12.2. The third-order valence-corrected chi connectivity index (χ3v) is 5.40. The molecule has 1 aliphatic rings. The highest BCUT2D eigenvalue weighted by atomic mass is 35.5. The van der Waals surface area contributed by atoms with Gasteiger partial charge in [0, 0.05) is 32.7 Å². The lowest BCUT2D eigenvalue weighted by Crippen LogP contribution is -2.35. The summed E-state index contributed by atoms with van der Waals surface area (Å²) in [6, 6.07) is 13.8. The largest absolute Gasteiger partial charge is 0.337 e. The molecule has 5 heteroatoms. The molecule has 3 rings (SSSR count). The Balaban J connectivity index is 1.64. The van der Waals surface area contributed by atoms with Gasteiger partial charge in [0.25, 0.3) is 5.91 Å². The van der Waals surface area contributed by atoms with Crippen LogP contribution in [0, 0.1) is 6.92 Å². The summed E-state index contributed by atoms with van der Waals surface area (Å²) in [6.45, 7) is 6.30. The number of amides is 1. The molecule has 132 valence electrons. The van der Waals surface area contributed by atoms with E-state index >= 15 is 0 Å². The number of halogens is 2. The molecule has 0 radical (unpaired) electrons. The van der Waals surface area contributed by atoms with Crippen LogP contribution in [0.15, 0.2) is 42.5 Å². The fourth-order valence-corrected chi connectivity index (χ4v) is 3.50. The van der Waals surface area contributed by atoms with Gasteiger partial charge in [-0.2, -0.15) is 0 Å². The highest BCUT2D eigenvalue weighted by molar-refractivity contribution is 6.43. The molecule has 0 saturated carbocycles. The lowest BCUT2D eigenvalue weighted by molar-refractivity contribution is 0.0761. The zero-order valence-electron chi connectivity index (χ0n) is 14.3. The van der Waals surface area contributed by atoms with Gasteiger partial charge in [-0.25, -0.2) is 0 Å². The number of nitrogens with zero attached hydrogens (tertiary/aromatic N) is 2. The van der Waals surface area contributed by atoms with Crippen molar-refractivity contribution in [2.45, 2.75) is 19.9 Å². The number of carbonyl (C=O) groups excluding carboxylic acids is 1. The second-order valence-corrected chi connectivity index (χ2v) is 7.29. The number of carbonyl (C=O) groups is 1. The molecular weight excluding hydrogens is 355 g/mol. The van der Waals surface area contributed by atoms with E-state index in [0.29, 0.717) is 22.2 Å². The Bertz CT molecular complexity index is 746. The van der Waals surface area contributed by atoms with E-state index in [1.54, 1.807) is 18.2 Å². The molecule has 1 amide bonds. The van der Waals surface area contributed by atoms with E-state index in [1.807, 2.05) is 4.90 Å². The number of benzene rings is 2. The van der Waals surface area contributed by atoms with E-state index in [-0.39, 0.29) is 5.91 Å². The van der Waals surface area contributed by atoms with Crippen LogP contribution in [-0.2, 0) is 6.54 Å². The van der Waals surface area contributed by atoms with Crippen molar-refractivity contribution in [3.8, 4) is 0 Å². The summed E-state index contributed by atoms with van der Waals surface area (Å²) in [5.74, 6) is -0.0373. The van der Waals surface area contributed by atoms with E-state index in [9.17, 15) is 4.79 Å². The first-order chi connectivity index (χ1) is 12.0. The fraction of sp³-hybridized carbons (Fsp3) is 0.350. The summed E-state index contributed by atoms with van der Waals surface area (Å²) in [5, 5.41) is 0.762. The second kappa shape index (κ2) is 8.22. The number of rotatable bonds is 3. The fourth-order valence-electron chi connectivity index (χ4n) is 3.12. The first-order valence-electron chi connectivity index (χ1n) is 8.56. The van der Waals surface area contributed by atoms with Crippen molar-refractivity contribution in [3.63, 3.8) is 0 Å². The summed E-state index contributed by atoms with van der Waals surface area (Å²) in [7, 11) is 0. The Morgan fingerprint density at radius 3 is 2.52 bits per heavy atom. The van der Waals surface area contributed by atoms with Gasteiger partial charge in [-0.3, -0.25) is 9.69 Å². The van der Waals surface area contributed by atoms with Crippen LogP contribution in [0.25, 0.3) is 0 Å². The number of aryl methyl sites for hydroxylation is 1. The maximum Gasteiger partial charge on any atom is 0.255 e. The maximum absolute atomic E-state index is 12.8. The Hall–Kier alpha value is -1.55. The van der Waals surface area contributed by atoms with Crippen LogP contribution in [0.5, 0.6) is 0 Å². The minimum atomic E-state index is -0.0373. The summed E-state index contributed by atoms with van der Waals surface area (Å²) in [5.41, 5.74) is 3.07.